The Labute approximate surface area is 128 Å². The number of piperazine rings is 1. The van der Waals surface area contributed by atoms with Gasteiger partial charge in [-0.15, -0.1) is 0 Å². The van der Waals surface area contributed by atoms with E-state index in [1.807, 2.05) is 12.1 Å². The van der Waals surface area contributed by atoms with E-state index in [0.717, 1.165) is 39.1 Å². The summed E-state index contributed by atoms with van der Waals surface area (Å²) >= 11 is 0. The molecule has 3 nitrogen and oxygen atoms in total. The molecule has 21 heavy (non-hydrogen) atoms. The van der Waals surface area contributed by atoms with Crippen molar-refractivity contribution < 1.29 is 4.39 Å². The minimum absolute atomic E-state index is 0.168. The smallest absolute Gasteiger partial charge is 0.123 e. The maximum Gasteiger partial charge on any atom is 0.123 e. The minimum Gasteiger partial charge on any atom is -0.306 e. The van der Waals surface area contributed by atoms with Gasteiger partial charge in [-0.3, -0.25) is 4.90 Å². The molecule has 1 saturated heterocycles. The molecular weight excluding hydrogens is 265 g/mol. The van der Waals surface area contributed by atoms with Gasteiger partial charge in [-0.2, -0.15) is 0 Å². The lowest BCUT2D eigenvalue weighted by Crippen LogP contribution is -2.49. The van der Waals surface area contributed by atoms with Crippen LogP contribution in [0.25, 0.3) is 0 Å². The van der Waals surface area contributed by atoms with Gasteiger partial charge in [0.25, 0.3) is 0 Å². The molecule has 4 heteroatoms. The molecule has 1 heterocycles. The molecule has 1 N–H and O–H groups in total. The summed E-state index contributed by atoms with van der Waals surface area (Å²) in [7, 11) is 2.18. The summed E-state index contributed by atoms with van der Waals surface area (Å²) in [4.78, 5) is 4.90. The highest BCUT2D eigenvalue weighted by Gasteiger charge is 2.18. The van der Waals surface area contributed by atoms with E-state index in [-0.39, 0.29) is 5.82 Å². The molecule has 0 bridgehead atoms. The molecule has 1 aromatic carbocycles. The van der Waals surface area contributed by atoms with Gasteiger partial charge in [0.2, 0.25) is 0 Å². The molecule has 0 radical (unpaired) electrons. The minimum atomic E-state index is -0.168. The summed E-state index contributed by atoms with van der Waals surface area (Å²) in [5.74, 6) is -0.168. The summed E-state index contributed by atoms with van der Waals surface area (Å²) < 4.78 is 13.0. The van der Waals surface area contributed by atoms with E-state index in [0.29, 0.717) is 12.1 Å². The van der Waals surface area contributed by atoms with E-state index in [1.165, 1.54) is 5.56 Å². The predicted molar refractivity (Wildman–Crippen MR) is 86.0 cm³/mol. The summed E-state index contributed by atoms with van der Waals surface area (Å²) in [6.45, 7) is 10.1. The lowest BCUT2D eigenvalue weighted by molar-refractivity contribution is 0.142. The Morgan fingerprint density at radius 1 is 1.14 bits per heavy atom. The highest BCUT2D eigenvalue weighted by molar-refractivity contribution is 5.19. The van der Waals surface area contributed by atoms with Crippen LogP contribution in [0.5, 0.6) is 0 Å². The number of nitrogens with zero attached hydrogens (tertiary/aromatic N) is 2. The average molecular weight is 293 g/mol. The zero-order valence-corrected chi connectivity index (χ0v) is 13.5. The number of halogens is 1. The first kappa shape index (κ1) is 16.4. The summed E-state index contributed by atoms with van der Waals surface area (Å²) in [6, 6.07) is 7.60. The molecule has 118 valence electrons. The molecule has 1 fully saturated rings. The van der Waals surface area contributed by atoms with Crippen molar-refractivity contribution in [3.63, 3.8) is 0 Å². The lowest BCUT2D eigenvalue weighted by Gasteiger charge is -2.35. The Balaban J connectivity index is 1.84. The van der Waals surface area contributed by atoms with Crippen molar-refractivity contribution in [2.24, 2.45) is 0 Å². The number of likely N-dealkylation sites (N-methyl/N-ethyl adjacent to an activating group) is 1. The Hall–Kier alpha value is -0.970. The fourth-order valence-corrected chi connectivity index (χ4v) is 2.96. The van der Waals surface area contributed by atoms with E-state index in [1.54, 1.807) is 12.1 Å². The van der Waals surface area contributed by atoms with Crippen molar-refractivity contribution in [3.8, 4) is 0 Å². The summed E-state index contributed by atoms with van der Waals surface area (Å²) in [6.07, 6.45) is 1.01. The second-order valence-electron chi connectivity index (χ2n) is 6.18. The third-order valence-corrected chi connectivity index (χ3v) is 4.29. The second kappa shape index (κ2) is 7.87. The first-order valence-electron chi connectivity index (χ1n) is 8.01. The van der Waals surface area contributed by atoms with Crippen LogP contribution < -0.4 is 5.32 Å². The highest BCUT2D eigenvalue weighted by atomic mass is 19.1. The van der Waals surface area contributed by atoms with Gasteiger partial charge in [0, 0.05) is 44.8 Å². The first-order chi connectivity index (χ1) is 10.1. The molecule has 0 amide bonds. The van der Waals surface area contributed by atoms with Crippen LogP contribution in [0.4, 0.5) is 4.39 Å². The van der Waals surface area contributed by atoms with Crippen LogP contribution in [0.1, 0.15) is 31.9 Å². The van der Waals surface area contributed by atoms with Gasteiger partial charge in [-0.25, -0.2) is 4.39 Å². The zero-order valence-electron chi connectivity index (χ0n) is 13.5. The Bertz CT molecular complexity index is 413. The second-order valence-corrected chi connectivity index (χ2v) is 6.18. The third kappa shape index (κ3) is 5.06. The zero-order chi connectivity index (χ0) is 15.2. The lowest BCUT2D eigenvalue weighted by atomic mass is 10.0. The maximum absolute atomic E-state index is 13.0. The largest absolute Gasteiger partial charge is 0.306 e. The van der Waals surface area contributed by atoms with Crippen LogP contribution in [0.15, 0.2) is 24.3 Å². The number of rotatable bonds is 6. The van der Waals surface area contributed by atoms with E-state index >= 15 is 0 Å². The molecule has 2 rings (SSSR count). The van der Waals surface area contributed by atoms with Crippen molar-refractivity contribution >= 4 is 0 Å². The van der Waals surface area contributed by atoms with Crippen molar-refractivity contribution in [1.82, 2.24) is 15.1 Å². The Morgan fingerprint density at radius 2 is 1.76 bits per heavy atom. The fraction of sp³-hybridized carbons (Fsp3) is 0.647. The van der Waals surface area contributed by atoms with Crippen molar-refractivity contribution in [2.45, 2.75) is 32.4 Å². The van der Waals surface area contributed by atoms with Crippen molar-refractivity contribution in [3.05, 3.63) is 35.6 Å². The van der Waals surface area contributed by atoms with Gasteiger partial charge in [-0.05, 0) is 38.1 Å². The number of benzene rings is 1. The van der Waals surface area contributed by atoms with E-state index in [2.05, 4.69) is 36.0 Å². The molecule has 0 aliphatic carbocycles. The number of hydrogen-bond donors (Lipinski definition) is 1. The van der Waals surface area contributed by atoms with E-state index in [9.17, 15) is 4.39 Å². The highest BCUT2D eigenvalue weighted by Crippen LogP contribution is 2.18. The van der Waals surface area contributed by atoms with Crippen LogP contribution >= 0.6 is 0 Å². The van der Waals surface area contributed by atoms with Crippen LogP contribution in [0.3, 0.4) is 0 Å². The van der Waals surface area contributed by atoms with Gasteiger partial charge < -0.3 is 10.2 Å². The standard InChI is InChI=1S/C17H28FN3/c1-4-17(15-5-7-16(18)8-6-15)19-14(2)13-21-11-9-20(3)10-12-21/h5-8,14,17,19H,4,9-13H2,1-3H3/t14-,17-/m0/s1. The maximum atomic E-state index is 13.0. The van der Waals surface area contributed by atoms with Gasteiger partial charge in [0.05, 0.1) is 0 Å². The molecular formula is C17H28FN3. The van der Waals surface area contributed by atoms with E-state index in [4.69, 9.17) is 0 Å². The average Bonchev–Trinajstić information content (AvgIpc) is 2.48. The Kier molecular flexibility index (Phi) is 6.15. The SMILES string of the molecule is CC[C@H](N[C@@H](C)CN1CCN(C)CC1)c1ccc(F)cc1. The molecule has 0 spiro atoms. The van der Waals surface area contributed by atoms with Gasteiger partial charge in [0.15, 0.2) is 0 Å². The fourth-order valence-electron chi connectivity index (χ4n) is 2.96. The predicted octanol–water partition coefficient (Wildman–Crippen LogP) is 2.50. The van der Waals surface area contributed by atoms with Crippen LogP contribution in [0.2, 0.25) is 0 Å². The third-order valence-electron chi connectivity index (χ3n) is 4.29. The molecule has 1 aliphatic heterocycles. The van der Waals surface area contributed by atoms with Gasteiger partial charge >= 0.3 is 0 Å². The summed E-state index contributed by atoms with van der Waals surface area (Å²) in [5, 5.41) is 3.68. The number of nitrogens with one attached hydrogen (secondary N) is 1. The van der Waals surface area contributed by atoms with Crippen LogP contribution in [-0.2, 0) is 0 Å². The molecule has 2 atom stereocenters. The Morgan fingerprint density at radius 3 is 2.33 bits per heavy atom. The van der Waals surface area contributed by atoms with Gasteiger partial charge in [0.1, 0.15) is 5.82 Å². The summed E-state index contributed by atoms with van der Waals surface area (Å²) in [5.41, 5.74) is 1.17. The van der Waals surface area contributed by atoms with Crippen molar-refractivity contribution in [2.75, 3.05) is 39.8 Å². The van der Waals surface area contributed by atoms with Gasteiger partial charge in [-0.1, -0.05) is 19.1 Å². The first-order valence-corrected chi connectivity index (χ1v) is 8.01. The normalized spacial score (nSPS) is 20.4. The molecule has 1 aliphatic rings. The van der Waals surface area contributed by atoms with Crippen LogP contribution in [0, 0.1) is 5.82 Å². The molecule has 0 saturated carbocycles. The molecule has 1 aromatic rings. The van der Waals surface area contributed by atoms with Crippen LogP contribution in [-0.4, -0.2) is 55.6 Å². The van der Waals surface area contributed by atoms with E-state index < -0.39 is 0 Å². The molecule has 0 unspecified atom stereocenters. The molecule has 0 aromatic heterocycles. The number of hydrogen-bond acceptors (Lipinski definition) is 3. The monoisotopic (exact) mass is 293 g/mol. The topological polar surface area (TPSA) is 18.5 Å². The van der Waals surface area contributed by atoms with Crippen molar-refractivity contribution in [1.29, 1.82) is 0 Å². The quantitative estimate of drug-likeness (QED) is 0.869.